The maximum absolute atomic E-state index is 8.57. The molecule has 0 fully saturated rings. The zero-order valence-corrected chi connectivity index (χ0v) is 77.6. The zero-order valence-electron chi connectivity index (χ0n) is 99.6. The zero-order chi connectivity index (χ0) is 111. The molecule has 0 bridgehead atoms. The molecule has 10 nitrogen and oxygen atoms in total. The van der Waals surface area contributed by atoms with Crippen LogP contribution in [0.15, 0.2) is 273 Å². The molecule has 0 atom stereocenters. The van der Waals surface area contributed by atoms with Crippen LogP contribution in [0.3, 0.4) is 0 Å². The minimum Gasteiger partial charge on any atom is -0.455 e. The van der Waals surface area contributed by atoms with Gasteiger partial charge in [0.05, 0.1) is 27.9 Å². The van der Waals surface area contributed by atoms with E-state index in [0.717, 1.165) is 127 Å². The van der Waals surface area contributed by atoms with Crippen LogP contribution in [0.1, 0.15) is 253 Å². The normalized spacial score (nSPS) is 17.6. The van der Waals surface area contributed by atoms with Gasteiger partial charge in [-0.2, -0.15) is 0 Å². The van der Waals surface area contributed by atoms with E-state index in [1.54, 1.807) is 79.0 Å². The Hall–Kier alpha value is -13.7. The lowest BCUT2D eigenvalue weighted by atomic mass is 9.80. The average molecular weight is 1750 g/mol. The highest BCUT2D eigenvalue weighted by Crippen LogP contribution is 2.59. The van der Waals surface area contributed by atoms with Crippen LogP contribution >= 0.6 is 0 Å². The number of hydrogen-bond acceptors (Lipinski definition) is 6. The molecule has 0 spiro atoms. The van der Waals surface area contributed by atoms with Crippen LogP contribution in [-0.4, -0.2) is 9.97 Å². The van der Waals surface area contributed by atoms with Gasteiger partial charge in [-0.15, -0.1) is 0 Å². The second-order valence-corrected chi connectivity index (χ2v) is 37.8. The number of aryl methyl sites for hydroxylation is 8. The van der Waals surface area contributed by atoms with Gasteiger partial charge in [0.2, 0.25) is 22.8 Å². The SMILES string of the molecule is [2H]C(C)(C)c1cc[n+](C)c(-c2c(C)ccc3c2oc2c4c(ccc23)C(C([2H])([2H])[2H])(C([2H])([2H])[2H])c2cnccc2-4)c1.[2H]C(C)(C)c1cc[n+](C)c(-c2c(C)ccc3c2oc2c4c(ccc23)C(C([2H])([2H])[2H])(C([2H])([2H])[2H])c2ncccc2-4)c1.[2H]C(C)(C)c1cc[n+](C)c(-c2c(C)ccc3c2oc2ccc4c(c23)-c2ccccc2C4(C([2H])([2H])[2H])C([2H])([2H])[2H])c1.[2H]C(C)(C)c1cc[n+](C)c(-c2c(C)ccc3c2oc2ccc4c(c23)C(C)(C)c2ccccc2-4)c1. The largest absolute Gasteiger partial charge is 0.455 e. The molecule has 20 aromatic rings. The molecule has 0 unspecified atom stereocenters. The van der Waals surface area contributed by atoms with Crippen molar-refractivity contribution in [3.63, 3.8) is 0 Å². The fraction of sp³-hybridized carbons (Fsp3) is 0.262. The maximum Gasteiger partial charge on any atom is 0.216 e. The minimum atomic E-state index is -2.90. The molecule has 0 amide bonds. The number of nitrogens with zero attached hydrogens (tertiary/aromatic N) is 6. The van der Waals surface area contributed by atoms with E-state index in [2.05, 4.69) is 103 Å². The van der Waals surface area contributed by atoms with Gasteiger partial charge in [-0.1, -0.05) is 250 Å². The molecule has 132 heavy (non-hydrogen) atoms. The van der Waals surface area contributed by atoms with Crippen molar-refractivity contribution in [2.75, 3.05) is 0 Å². The number of furan rings is 4. The summed E-state index contributed by atoms with van der Waals surface area (Å²) in [4.78, 5) is 8.50. The third-order valence-electron chi connectivity index (χ3n) is 28.3. The van der Waals surface area contributed by atoms with Gasteiger partial charge in [-0.3, -0.25) is 9.97 Å². The van der Waals surface area contributed by atoms with Crippen LogP contribution in [0.4, 0.5) is 0 Å². The number of hydrogen-bond donors (Lipinski definition) is 0. The lowest BCUT2D eigenvalue weighted by Crippen LogP contribution is -2.31. The van der Waals surface area contributed by atoms with Crippen molar-refractivity contribution in [1.82, 2.24) is 9.97 Å². The molecule has 24 rings (SSSR count). The van der Waals surface area contributed by atoms with Gasteiger partial charge in [0.15, 0.2) is 24.8 Å². The summed E-state index contributed by atoms with van der Waals surface area (Å²) in [6.07, 6.45) is 12.2. The van der Waals surface area contributed by atoms with E-state index < -0.39 is 80.9 Å². The molecule has 0 radical (unpaired) electrons. The molecular weight excluding hydrogens is 1610 g/mol. The van der Waals surface area contributed by atoms with Crippen LogP contribution in [0, 0.1) is 27.7 Å². The van der Waals surface area contributed by atoms with Crippen molar-refractivity contribution in [1.29, 1.82) is 0 Å². The monoisotopic (exact) mass is 1750 g/mol. The summed E-state index contributed by atoms with van der Waals surface area (Å²) in [7, 11) is 7.90. The number of aromatic nitrogens is 6. The summed E-state index contributed by atoms with van der Waals surface area (Å²) in [6, 6.07) is 67.7. The molecule has 10 heteroatoms. The Bertz CT molecular complexity index is 8860. The van der Waals surface area contributed by atoms with Gasteiger partial charge in [0, 0.05) is 179 Å². The molecule has 4 aliphatic rings. The Kier molecular flexibility index (Phi) is 14.9. The van der Waals surface area contributed by atoms with Crippen molar-refractivity contribution < 1.29 is 66.1 Å². The van der Waals surface area contributed by atoms with E-state index in [1.165, 1.54) is 45.6 Å². The first kappa shape index (κ1) is 63.3. The highest BCUT2D eigenvalue weighted by Gasteiger charge is 2.44. The molecule has 0 N–H and O–H groups in total. The van der Waals surface area contributed by atoms with Gasteiger partial charge in [-0.05, 0) is 187 Å². The topological polar surface area (TPSA) is 93.9 Å². The molecule has 656 valence electrons. The van der Waals surface area contributed by atoms with Gasteiger partial charge >= 0.3 is 0 Å². The standard InChI is InChI=1S/2C31H30NO.2C30H29N2O/c1-18(2)20-15-16-32(6)25(17-20)27-19(3)11-12-23-28-26(33-30(23)27)14-13-22-21-9-7-8-10-24(21)31(4,5)29(22)28;1-18(2)20-15-16-32(6)25(17-20)27-19(3)11-12-22-29-26(33-30(22)27)14-13-24-28(29)21-9-7-8-10-23(21)31(24,4)5;1-17(2)19-12-14-32(6)25(15-19)26-18(3)7-8-20-21-9-10-23-27(29(21)33-28(20)26)22-11-13-31-16-24(22)30(23,4)5;1-17(2)19-13-15-32(6)24(16-19)25-18(3)9-10-20-21-11-12-23-26(28(21)33-27(20)25)22-8-7-14-31-29(22)30(23,4)5/h2*7-18H,1-6H3;2*7-17H,1-6H3/q4*+1/i18D;4D3,5D3,18D;2*4D3,5D3,17D. The Morgan fingerprint density at radius 1 is 0.303 bits per heavy atom. The van der Waals surface area contributed by atoms with Gasteiger partial charge in [0.1, 0.15) is 72.9 Å². The van der Waals surface area contributed by atoms with Crippen LogP contribution in [0.25, 0.3) is 177 Å². The highest BCUT2D eigenvalue weighted by atomic mass is 16.3. The summed E-state index contributed by atoms with van der Waals surface area (Å²) in [6.45, 7) is 10.6. The fourth-order valence-corrected chi connectivity index (χ4v) is 21.1. The number of pyridine rings is 6. The Balaban J connectivity index is 0.000000119. The van der Waals surface area contributed by atoms with E-state index in [0.29, 0.717) is 72.3 Å². The van der Waals surface area contributed by atoms with E-state index in [-0.39, 0.29) is 38.9 Å². The predicted octanol–water partition coefficient (Wildman–Crippen LogP) is 30.1. The first-order valence-electron chi connectivity index (χ1n) is 56.0. The number of fused-ring (bicyclic) bond motifs is 28. The Morgan fingerprint density at radius 2 is 0.659 bits per heavy atom. The van der Waals surface area contributed by atoms with Gasteiger partial charge < -0.3 is 17.7 Å². The molecule has 10 heterocycles. The molecule has 0 aliphatic heterocycles. The fourth-order valence-electron chi connectivity index (χ4n) is 21.1. The summed E-state index contributed by atoms with van der Waals surface area (Å²) in [5.74, 6) is -3.07. The lowest BCUT2D eigenvalue weighted by Gasteiger charge is -2.22. The third kappa shape index (κ3) is 12.9. The molecule has 0 saturated carbocycles. The second kappa shape index (κ2) is 31.0. The van der Waals surface area contributed by atoms with E-state index >= 15 is 0 Å². The average Bonchev–Trinajstić information content (AvgIpc) is 1.54. The first-order valence-corrected chi connectivity index (χ1v) is 45.0. The van der Waals surface area contributed by atoms with Crippen molar-refractivity contribution in [2.24, 2.45) is 28.2 Å². The van der Waals surface area contributed by atoms with Crippen molar-refractivity contribution in [3.05, 3.63) is 345 Å². The van der Waals surface area contributed by atoms with Gasteiger partial charge in [-0.25, -0.2) is 18.3 Å². The van der Waals surface area contributed by atoms with E-state index in [1.807, 2.05) is 215 Å². The molecule has 0 saturated heterocycles. The first-order chi connectivity index (χ1) is 71.8. The highest BCUT2D eigenvalue weighted by molar-refractivity contribution is 6.20. The molecular formula is C122H118N6O4+4. The third-order valence-corrected chi connectivity index (χ3v) is 28.3. The second-order valence-electron chi connectivity index (χ2n) is 37.8. The number of benzene rings is 10. The quantitative estimate of drug-likeness (QED) is 0.141. The van der Waals surface area contributed by atoms with Crippen molar-refractivity contribution in [3.8, 4) is 89.5 Å². The summed E-state index contributed by atoms with van der Waals surface area (Å²) >= 11 is 0. The maximum atomic E-state index is 8.57. The molecule has 10 aromatic carbocycles. The molecule has 10 aromatic heterocycles. The Labute approximate surface area is 805 Å². The van der Waals surface area contributed by atoms with E-state index in [4.69, 9.17) is 47.8 Å². The summed E-state index contributed by atoms with van der Waals surface area (Å²) in [5.41, 5.74) is 23.0. The minimum absolute atomic E-state index is 0.0196. The summed E-state index contributed by atoms with van der Waals surface area (Å²) < 4.78 is 222. The van der Waals surface area contributed by atoms with Crippen LogP contribution in [0.2, 0.25) is 0 Å². The van der Waals surface area contributed by atoms with E-state index in [9.17, 15) is 0 Å². The van der Waals surface area contributed by atoms with Crippen LogP contribution in [-0.2, 0) is 49.9 Å². The van der Waals surface area contributed by atoms with Crippen molar-refractivity contribution >= 4 is 87.8 Å². The van der Waals surface area contributed by atoms with Crippen LogP contribution < -0.4 is 18.3 Å². The van der Waals surface area contributed by atoms with Gasteiger partial charge in [0.25, 0.3) is 0 Å². The number of rotatable bonds is 8. The van der Waals surface area contributed by atoms with Crippen LogP contribution in [0.5, 0.6) is 0 Å². The smallest absolute Gasteiger partial charge is 0.216 e. The Morgan fingerprint density at radius 3 is 1.13 bits per heavy atom. The summed E-state index contributed by atoms with van der Waals surface area (Å²) in [5, 5.41) is 7.06. The molecule has 4 aliphatic carbocycles. The lowest BCUT2D eigenvalue weighted by molar-refractivity contribution is -0.660. The predicted molar refractivity (Wildman–Crippen MR) is 542 cm³/mol. The van der Waals surface area contributed by atoms with Crippen molar-refractivity contribution in [2.45, 2.75) is 183 Å².